The molecule has 2 saturated carbocycles. The summed E-state index contributed by atoms with van der Waals surface area (Å²) >= 11 is 6.46. The van der Waals surface area contributed by atoms with Gasteiger partial charge in [0.15, 0.2) is 0 Å². The van der Waals surface area contributed by atoms with Crippen LogP contribution in [0.1, 0.15) is 59.3 Å². The van der Waals surface area contributed by atoms with Crippen LogP contribution in [0.3, 0.4) is 0 Å². The fraction of sp³-hybridized carbons (Fsp3) is 0.944. The molecule has 1 aliphatic heterocycles. The summed E-state index contributed by atoms with van der Waals surface area (Å²) in [6, 6.07) is 0.173. The van der Waals surface area contributed by atoms with Crippen LogP contribution in [0.5, 0.6) is 0 Å². The Labute approximate surface area is 144 Å². The standard InChI is InChI=1S/C18H31ClN2O2/c1-10(2)23-16-7-5-12(19)9-14(16)18(22)13-8-11(3)4-6-15(13)21-17(18)20/h10-16,22H,4-9H2,1-3H3,(H2,20,21). The van der Waals surface area contributed by atoms with Gasteiger partial charge in [0.1, 0.15) is 11.4 Å². The molecule has 23 heavy (non-hydrogen) atoms. The van der Waals surface area contributed by atoms with Crippen molar-refractivity contribution in [2.45, 2.75) is 88.5 Å². The second kappa shape index (κ2) is 6.53. The maximum absolute atomic E-state index is 11.7. The molecule has 132 valence electrons. The molecule has 2 aliphatic carbocycles. The number of fused-ring (bicyclic) bond motifs is 1. The van der Waals surface area contributed by atoms with E-state index in [-0.39, 0.29) is 35.5 Å². The van der Waals surface area contributed by atoms with E-state index in [0.29, 0.717) is 11.8 Å². The van der Waals surface area contributed by atoms with Crippen LogP contribution in [-0.4, -0.2) is 40.2 Å². The number of aliphatic imine (C=N–C) groups is 1. The van der Waals surface area contributed by atoms with E-state index in [4.69, 9.17) is 22.1 Å². The molecule has 5 heteroatoms. The van der Waals surface area contributed by atoms with Crippen LogP contribution in [0, 0.1) is 17.8 Å². The number of halogens is 1. The fourth-order valence-corrected chi connectivity index (χ4v) is 5.31. The molecule has 0 aromatic heterocycles. The molecule has 2 fully saturated rings. The first-order valence-corrected chi connectivity index (χ1v) is 9.61. The highest BCUT2D eigenvalue weighted by atomic mass is 35.5. The Morgan fingerprint density at radius 3 is 2.65 bits per heavy atom. The molecule has 1 heterocycles. The summed E-state index contributed by atoms with van der Waals surface area (Å²) in [4.78, 5) is 4.66. The topological polar surface area (TPSA) is 67.8 Å². The third kappa shape index (κ3) is 3.14. The van der Waals surface area contributed by atoms with E-state index < -0.39 is 5.60 Å². The zero-order valence-electron chi connectivity index (χ0n) is 14.5. The molecule has 0 spiro atoms. The smallest absolute Gasteiger partial charge is 0.131 e. The van der Waals surface area contributed by atoms with Gasteiger partial charge in [-0.15, -0.1) is 11.6 Å². The van der Waals surface area contributed by atoms with E-state index in [1.807, 2.05) is 13.8 Å². The Morgan fingerprint density at radius 2 is 1.96 bits per heavy atom. The first-order valence-electron chi connectivity index (χ1n) is 9.18. The van der Waals surface area contributed by atoms with Gasteiger partial charge in [-0.1, -0.05) is 6.92 Å². The molecule has 3 aliphatic rings. The summed E-state index contributed by atoms with van der Waals surface area (Å²) in [7, 11) is 0. The van der Waals surface area contributed by atoms with Crippen molar-refractivity contribution in [3.8, 4) is 0 Å². The van der Waals surface area contributed by atoms with Gasteiger partial charge in [-0.2, -0.15) is 0 Å². The SMILES string of the molecule is CC1CCC2N=C(N)C(O)(C3CC(Cl)CCC3OC(C)C)C2C1. The molecule has 0 aromatic carbocycles. The van der Waals surface area contributed by atoms with Crippen molar-refractivity contribution in [2.75, 3.05) is 0 Å². The number of ether oxygens (including phenoxy) is 1. The minimum Gasteiger partial charge on any atom is -0.385 e. The predicted molar refractivity (Wildman–Crippen MR) is 93.9 cm³/mol. The van der Waals surface area contributed by atoms with Gasteiger partial charge in [-0.3, -0.25) is 4.99 Å². The van der Waals surface area contributed by atoms with Crippen molar-refractivity contribution in [3.63, 3.8) is 0 Å². The summed E-state index contributed by atoms with van der Waals surface area (Å²) in [5.41, 5.74) is 5.24. The number of aliphatic hydroxyl groups is 1. The van der Waals surface area contributed by atoms with Crippen LogP contribution >= 0.6 is 11.6 Å². The fourth-order valence-electron chi connectivity index (χ4n) is 5.00. The Balaban J connectivity index is 1.90. The van der Waals surface area contributed by atoms with Gasteiger partial charge in [-0.05, 0) is 58.3 Å². The first-order chi connectivity index (χ1) is 10.8. The lowest BCUT2D eigenvalue weighted by Gasteiger charge is -2.47. The Morgan fingerprint density at radius 1 is 1.22 bits per heavy atom. The second-order valence-electron chi connectivity index (χ2n) is 8.17. The highest BCUT2D eigenvalue weighted by Gasteiger charge is 2.58. The van der Waals surface area contributed by atoms with Crippen molar-refractivity contribution in [3.05, 3.63) is 0 Å². The highest BCUT2D eigenvalue weighted by Crippen LogP contribution is 2.50. The molecule has 7 unspecified atom stereocenters. The van der Waals surface area contributed by atoms with Crippen molar-refractivity contribution in [1.82, 2.24) is 0 Å². The molecule has 7 atom stereocenters. The van der Waals surface area contributed by atoms with Gasteiger partial charge in [0, 0.05) is 17.2 Å². The lowest BCUT2D eigenvalue weighted by molar-refractivity contribution is -0.121. The summed E-state index contributed by atoms with van der Waals surface area (Å²) in [5, 5.41) is 11.8. The Kier molecular flexibility index (Phi) is 4.97. The number of rotatable bonds is 3. The molecule has 0 bridgehead atoms. The van der Waals surface area contributed by atoms with Gasteiger partial charge < -0.3 is 15.6 Å². The average molecular weight is 343 g/mol. The zero-order chi connectivity index (χ0) is 16.8. The monoisotopic (exact) mass is 342 g/mol. The molecule has 0 saturated heterocycles. The summed E-state index contributed by atoms with van der Waals surface area (Å²) in [6.07, 6.45) is 5.92. The van der Waals surface area contributed by atoms with Gasteiger partial charge >= 0.3 is 0 Å². The summed E-state index contributed by atoms with van der Waals surface area (Å²) in [6.45, 7) is 6.36. The van der Waals surface area contributed by atoms with Crippen LogP contribution in [0.15, 0.2) is 4.99 Å². The average Bonchev–Trinajstić information content (AvgIpc) is 2.73. The number of hydrogen-bond acceptors (Lipinski definition) is 4. The maximum Gasteiger partial charge on any atom is 0.131 e. The Bertz CT molecular complexity index is 470. The number of nitrogens with zero attached hydrogens (tertiary/aromatic N) is 1. The van der Waals surface area contributed by atoms with Crippen molar-refractivity contribution in [2.24, 2.45) is 28.5 Å². The number of alkyl halides is 1. The molecule has 0 radical (unpaired) electrons. The summed E-state index contributed by atoms with van der Waals surface area (Å²) < 4.78 is 6.16. The lowest BCUT2D eigenvalue weighted by Crippen LogP contribution is -2.59. The van der Waals surface area contributed by atoms with Crippen LogP contribution in [0.25, 0.3) is 0 Å². The van der Waals surface area contributed by atoms with Crippen LogP contribution in [0.4, 0.5) is 0 Å². The van der Waals surface area contributed by atoms with E-state index in [1.165, 1.54) is 6.42 Å². The number of amidine groups is 1. The Hall–Kier alpha value is -0.320. The van der Waals surface area contributed by atoms with Crippen molar-refractivity contribution >= 4 is 17.4 Å². The van der Waals surface area contributed by atoms with Gasteiger partial charge in [0.25, 0.3) is 0 Å². The number of nitrogens with two attached hydrogens (primary N) is 1. The molecule has 3 rings (SSSR count). The van der Waals surface area contributed by atoms with E-state index in [0.717, 1.165) is 32.1 Å². The molecular weight excluding hydrogens is 312 g/mol. The second-order valence-corrected chi connectivity index (χ2v) is 8.79. The normalized spacial score (nSPS) is 47.5. The summed E-state index contributed by atoms with van der Waals surface area (Å²) in [5.74, 6) is 1.11. The van der Waals surface area contributed by atoms with Gasteiger partial charge in [0.05, 0.1) is 18.2 Å². The first kappa shape index (κ1) is 17.5. The third-order valence-corrected chi connectivity index (χ3v) is 6.49. The van der Waals surface area contributed by atoms with Crippen molar-refractivity contribution < 1.29 is 9.84 Å². The molecule has 3 N–H and O–H groups in total. The van der Waals surface area contributed by atoms with E-state index in [1.54, 1.807) is 0 Å². The maximum atomic E-state index is 11.7. The lowest BCUT2D eigenvalue weighted by atomic mass is 9.63. The van der Waals surface area contributed by atoms with Crippen molar-refractivity contribution in [1.29, 1.82) is 0 Å². The van der Waals surface area contributed by atoms with E-state index in [9.17, 15) is 5.11 Å². The number of hydrogen-bond donors (Lipinski definition) is 2. The highest BCUT2D eigenvalue weighted by molar-refractivity contribution is 6.20. The third-order valence-electron chi connectivity index (χ3n) is 6.09. The molecule has 0 aromatic rings. The van der Waals surface area contributed by atoms with Crippen LogP contribution in [-0.2, 0) is 4.74 Å². The van der Waals surface area contributed by atoms with Gasteiger partial charge in [0.2, 0.25) is 0 Å². The minimum absolute atomic E-state index is 0.0136. The minimum atomic E-state index is -1.05. The largest absolute Gasteiger partial charge is 0.385 e. The van der Waals surface area contributed by atoms with E-state index >= 15 is 0 Å². The molecular formula is C18H31ClN2O2. The van der Waals surface area contributed by atoms with Gasteiger partial charge in [-0.25, -0.2) is 0 Å². The van der Waals surface area contributed by atoms with E-state index in [2.05, 4.69) is 11.9 Å². The van der Waals surface area contributed by atoms with Crippen LogP contribution in [0.2, 0.25) is 0 Å². The zero-order valence-corrected chi connectivity index (χ0v) is 15.3. The molecule has 4 nitrogen and oxygen atoms in total. The molecule has 0 amide bonds. The predicted octanol–water partition coefficient (Wildman–Crippen LogP) is 3.09. The van der Waals surface area contributed by atoms with Crippen LogP contribution < -0.4 is 5.73 Å². The quantitative estimate of drug-likeness (QED) is 0.774.